The molecule has 0 aliphatic heterocycles. The van der Waals surface area contributed by atoms with E-state index < -0.39 is 0 Å². The van der Waals surface area contributed by atoms with Crippen molar-refractivity contribution in [1.29, 1.82) is 0 Å². The highest BCUT2D eigenvalue weighted by atomic mass is 32.1. The summed E-state index contributed by atoms with van der Waals surface area (Å²) in [4.78, 5) is 3.39. The maximum Gasteiger partial charge on any atom is 0.0460 e. The molecule has 0 saturated carbocycles. The van der Waals surface area contributed by atoms with Crippen LogP contribution in [0.5, 0.6) is 0 Å². The zero-order valence-electron chi connectivity index (χ0n) is 11.8. The van der Waals surface area contributed by atoms with E-state index in [0.717, 1.165) is 0 Å². The van der Waals surface area contributed by atoms with Gasteiger partial charge in [0.05, 0.1) is 0 Å². The van der Waals surface area contributed by atoms with Gasteiger partial charge in [0.15, 0.2) is 0 Å². The Kier molecular flexibility index (Phi) is 2.43. The third-order valence-electron chi connectivity index (χ3n) is 4.28. The standard InChI is InChI=1S/C20H13NS/c1-3-10-18-13(6-1)17(12-21-18)16-9-5-8-15-14-7-2-4-11-19(14)22-20(15)16/h1-12,21H. The number of fused-ring (bicyclic) bond motifs is 4. The molecule has 2 aromatic heterocycles. The molecule has 1 nitrogen and oxygen atoms in total. The van der Waals surface area contributed by atoms with Crippen molar-refractivity contribution in [2.75, 3.05) is 0 Å². The Morgan fingerprint density at radius 3 is 2.36 bits per heavy atom. The molecule has 1 N–H and O–H groups in total. The minimum atomic E-state index is 1.19. The third-order valence-corrected chi connectivity index (χ3v) is 5.50. The van der Waals surface area contributed by atoms with Gasteiger partial charge in [0.1, 0.15) is 0 Å². The van der Waals surface area contributed by atoms with Crippen LogP contribution < -0.4 is 0 Å². The third kappa shape index (κ3) is 1.59. The van der Waals surface area contributed by atoms with Crippen LogP contribution >= 0.6 is 11.3 Å². The number of benzene rings is 3. The molecule has 0 aliphatic carbocycles. The second-order valence-electron chi connectivity index (χ2n) is 5.53. The van der Waals surface area contributed by atoms with Crippen molar-refractivity contribution < 1.29 is 0 Å². The highest BCUT2D eigenvalue weighted by molar-refractivity contribution is 7.26. The highest BCUT2D eigenvalue weighted by Crippen LogP contribution is 2.41. The van der Waals surface area contributed by atoms with Crippen molar-refractivity contribution in [2.24, 2.45) is 0 Å². The number of H-pyrrole nitrogens is 1. The smallest absolute Gasteiger partial charge is 0.0460 e. The fraction of sp³-hybridized carbons (Fsp3) is 0. The topological polar surface area (TPSA) is 15.8 Å². The molecule has 0 spiro atoms. The van der Waals surface area contributed by atoms with Gasteiger partial charge in [-0.1, -0.05) is 54.6 Å². The van der Waals surface area contributed by atoms with Gasteiger partial charge >= 0.3 is 0 Å². The summed E-state index contributed by atoms with van der Waals surface area (Å²) in [7, 11) is 0. The van der Waals surface area contributed by atoms with E-state index in [1.54, 1.807) is 0 Å². The van der Waals surface area contributed by atoms with Crippen LogP contribution in [0.1, 0.15) is 0 Å². The first kappa shape index (κ1) is 12.0. The summed E-state index contributed by atoms with van der Waals surface area (Å²) in [6, 6.07) is 23.8. The van der Waals surface area contributed by atoms with Crippen molar-refractivity contribution in [3.63, 3.8) is 0 Å². The molecule has 0 bridgehead atoms. The van der Waals surface area contributed by atoms with Crippen LogP contribution in [0.15, 0.2) is 72.9 Å². The van der Waals surface area contributed by atoms with Crippen LogP contribution in [-0.4, -0.2) is 4.98 Å². The van der Waals surface area contributed by atoms with Crippen LogP contribution in [0.3, 0.4) is 0 Å². The average Bonchev–Trinajstić information content (AvgIpc) is 3.16. The Bertz CT molecular complexity index is 1130. The highest BCUT2D eigenvalue weighted by Gasteiger charge is 2.12. The Morgan fingerprint density at radius 2 is 1.41 bits per heavy atom. The summed E-state index contributed by atoms with van der Waals surface area (Å²) in [5.74, 6) is 0. The number of rotatable bonds is 1. The van der Waals surface area contributed by atoms with Crippen LogP contribution in [-0.2, 0) is 0 Å². The second kappa shape index (κ2) is 4.46. The first-order chi connectivity index (χ1) is 10.9. The molecular weight excluding hydrogens is 286 g/mol. The van der Waals surface area contributed by atoms with E-state index in [4.69, 9.17) is 0 Å². The van der Waals surface area contributed by atoms with E-state index in [-0.39, 0.29) is 0 Å². The fourth-order valence-electron chi connectivity index (χ4n) is 3.25. The van der Waals surface area contributed by atoms with Gasteiger partial charge in [0.25, 0.3) is 0 Å². The largest absolute Gasteiger partial charge is 0.361 e. The van der Waals surface area contributed by atoms with Gasteiger partial charge < -0.3 is 4.98 Å². The molecule has 0 saturated heterocycles. The maximum absolute atomic E-state index is 3.39. The molecule has 0 radical (unpaired) electrons. The van der Waals surface area contributed by atoms with Crippen molar-refractivity contribution in [3.05, 3.63) is 72.9 Å². The predicted molar refractivity (Wildman–Crippen MR) is 96.6 cm³/mol. The van der Waals surface area contributed by atoms with E-state index in [1.165, 1.54) is 42.2 Å². The summed E-state index contributed by atoms with van der Waals surface area (Å²) >= 11 is 1.88. The summed E-state index contributed by atoms with van der Waals surface area (Å²) in [5, 5.41) is 3.99. The minimum absolute atomic E-state index is 1.19. The molecule has 22 heavy (non-hydrogen) atoms. The second-order valence-corrected chi connectivity index (χ2v) is 6.58. The predicted octanol–water partition coefficient (Wildman–Crippen LogP) is 6.20. The Morgan fingerprint density at radius 1 is 0.636 bits per heavy atom. The fourth-order valence-corrected chi connectivity index (χ4v) is 4.48. The lowest BCUT2D eigenvalue weighted by Gasteiger charge is -2.02. The molecule has 3 aromatic carbocycles. The van der Waals surface area contributed by atoms with Gasteiger partial charge in [-0.15, -0.1) is 11.3 Å². The van der Waals surface area contributed by atoms with Crippen molar-refractivity contribution in [3.8, 4) is 11.1 Å². The Hall–Kier alpha value is -2.58. The van der Waals surface area contributed by atoms with E-state index in [0.29, 0.717) is 0 Å². The van der Waals surface area contributed by atoms with E-state index in [1.807, 2.05) is 11.3 Å². The van der Waals surface area contributed by atoms with Crippen molar-refractivity contribution >= 4 is 42.4 Å². The lowest BCUT2D eigenvalue weighted by Crippen LogP contribution is -1.76. The Labute approximate surface area is 131 Å². The summed E-state index contributed by atoms with van der Waals surface area (Å²) in [6.07, 6.45) is 2.13. The van der Waals surface area contributed by atoms with Crippen molar-refractivity contribution in [2.45, 2.75) is 0 Å². The number of hydrogen-bond donors (Lipinski definition) is 1. The number of aromatic amines is 1. The van der Waals surface area contributed by atoms with Gasteiger partial charge in [-0.25, -0.2) is 0 Å². The molecule has 0 atom stereocenters. The van der Waals surface area contributed by atoms with Crippen LogP contribution in [0.4, 0.5) is 0 Å². The number of hydrogen-bond acceptors (Lipinski definition) is 1. The SMILES string of the molecule is c1ccc2c(-c3cccc4c3sc3ccccc34)c[nH]c2c1. The molecule has 104 valence electrons. The number of aromatic nitrogens is 1. The lowest BCUT2D eigenvalue weighted by molar-refractivity contribution is 1.48. The zero-order valence-corrected chi connectivity index (χ0v) is 12.7. The molecule has 0 fully saturated rings. The molecule has 0 aliphatic rings. The maximum atomic E-state index is 3.39. The molecule has 2 heteroatoms. The molecule has 0 unspecified atom stereocenters. The summed E-state index contributed by atoms with van der Waals surface area (Å²) < 4.78 is 2.72. The van der Waals surface area contributed by atoms with Gasteiger partial charge in [-0.05, 0) is 12.1 Å². The quantitative estimate of drug-likeness (QED) is 0.379. The molecule has 5 rings (SSSR count). The first-order valence-electron chi connectivity index (χ1n) is 7.38. The Balaban J connectivity index is 1.92. The average molecular weight is 299 g/mol. The van der Waals surface area contributed by atoms with E-state index in [9.17, 15) is 0 Å². The normalized spacial score (nSPS) is 11.6. The van der Waals surface area contributed by atoms with Crippen LogP contribution in [0, 0.1) is 0 Å². The lowest BCUT2D eigenvalue weighted by atomic mass is 10.0. The van der Waals surface area contributed by atoms with Gasteiger partial charge in [-0.3, -0.25) is 0 Å². The number of para-hydroxylation sites is 1. The van der Waals surface area contributed by atoms with Crippen molar-refractivity contribution in [1.82, 2.24) is 4.98 Å². The molecular formula is C20H13NS. The van der Waals surface area contributed by atoms with E-state index >= 15 is 0 Å². The van der Waals surface area contributed by atoms with Crippen LogP contribution in [0.25, 0.3) is 42.2 Å². The number of nitrogens with one attached hydrogen (secondary N) is 1. The van der Waals surface area contributed by atoms with Crippen LogP contribution in [0.2, 0.25) is 0 Å². The summed E-state index contributed by atoms with van der Waals surface area (Å²) in [5.41, 5.74) is 3.79. The summed E-state index contributed by atoms with van der Waals surface area (Å²) in [6.45, 7) is 0. The van der Waals surface area contributed by atoms with E-state index in [2.05, 4.69) is 77.9 Å². The van der Waals surface area contributed by atoms with Gasteiger partial charge in [0.2, 0.25) is 0 Å². The van der Waals surface area contributed by atoms with Gasteiger partial charge in [0, 0.05) is 48.4 Å². The molecule has 2 heterocycles. The monoisotopic (exact) mass is 299 g/mol. The van der Waals surface area contributed by atoms with Gasteiger partial charge in [-0.2, -0.15) is 0 Å². The number of thiophene rings is 1. The minimum Gasteiger partial charge on any atom is -0.361 e. The first-order valence-corrected chi connectivity index (χ1v) is 8.20. The molecule has 5 aromatic rings. The molecule has 0 amide bonds. The zero-order chi connectivity index (χ0) is 14.5.